The van der Waals surface area contributed by atoms with Crippen molar-refractivity contribution in [2.75, 3.05) is 13.1 Å². The molecule has 2 N–H and O–H groups in total. The molecule has 1 saturated heterocycles. The predicted octanol–water partition coefficient (Wildman–Crippen LogP) is 3.18. The summed E-state index contributed by atoms with van der Waals surface area (Å²) in [5.74, 6) is 0.810. The van der Waals surface area contributed by atoms with Gasteiger partial charge in [0, 0.05) is 17.5 Å². The summed E-state index contributed by atoms with van der Waals surface area (Å²) in [5, 5.41) is 2.19. The van der Waals surface area contributed by atoms with E-state index in [4.69, 9.17) is 5.73 Å². The van der Waals surface area contributed by atoms with E-state index < -0.39 is 0 Å². The van der Waals surface area contributed by atoms with Crippen LogP contribution in [0.1, 0.15) is 43.2 Å². The zero-order valence-corrected chi connectivity index (χ0v) is 12.0. The predicted molar refractivity (Wildman–Crippen MR) is 75.4 cm³/mol. The summed E-state index contributed by atoms with van der Waals surface area (Å²) in [4.78, 5) is 4.06. The van der Waals surface area contributed by atoms with Crippen LogP contribution < -0.4 is 5.73 Å². The first-order valence-electron chi connectivity index (χ1n) is 6.63. The molecule has 1 fully saturated rings. The molecule has 3 heteroatoms. The van der Waals surface area contributed by atoms with E-state index in [9.17, 15) is 0 Å². The standard InChI is InChI=1S/C14H24N2S/c1-10-5-4-7-16(9-10)13(12(3)15)14-11(2)6-8-17-14/h6,8,10,12-13H,4-5,7,9,15H2,1-3H3. The molecule has 17 heavy (non-hydrogen) atoms. The lowest BCUT2D eigenvalue weighted by molar-refractivity contribution is 0.118. The van der Waals surface area contributed by atoms with Crippen LogP contribution in [0.3, 0.4) is 0 Å². The Morgan fingerprint density at radius 1 is 1.53 bits per heavy atom. The maximum Gasteiger partial charge on any atom is 0.0593 e. The van der Waals surface area contributed by atoms with Crippen LogP contribution in [0.4, 0.5) is 0 Å². The summed E-state index contributed by atoms with van der Waals surface area (Å²) in [5.41, 5.74) is 7.64. The van der Waals surface area contributed by atoms with Gasteiger partial charge in [0.25, 0.3) is 0 Å². The second-order valence-corrected chi connectivity index (χ2v) is 6.46. The summed E-state index contributed by atoms with van der Waals surface area (Å²) < 4.78 is 0. The lowest BCUT2D eigenvalue weighted by Crippen LogP contribution is -2.44. The van der Waals surface area contributed by atoms with E-state index in [1.807, 2.05) is 11.3 Å². The Bertz CT molecular complexity index is 359. The van der Waals surface area contributed by atoms with Gasteiger partial charge in [0.15, 0.2) is 0 Å². The number of thiophene rings is 1. The quantitative estimate of drug-likeness (QED) is 0.895. The zero-order chi connectivity index (χ0) is 12.4. The third-order valence-electron chi connectivity index (χ3n) is 3.75. The first kappa shape index (κ1) is 13.1. The maximum absolute atomic E-state index is 6.24. The van der Waals surface area contributed by atoms with Crippen LogP contribution in [-0.2, 0) is 0 Å². The minimum absolute atomic E-state index is 0.206. The van der Waals surface area contributed by atoms with Crippen LogP contribution in [-0.4, -0.2) is 24.0 Å². The summed E-state index contributed by atoms with van der Waals surface area (Å²) in [6.07, 6.45) is 2.68. The minimum atomic E-state index is 0.206. The molecule has 3 atom stereocenters. The third-order valence-corrected chi connectivity index (χ3v) is 4.84. The van der Waals surface area contributed by atoms with Gasteiger partial charge in [-0.3, -0.25) is 4.90 Å². The first-order chi connectivity index (χ1) is 8.09. The highest BCUT2D eigenvalue weighted by Crippen LogP contribution is 2.33. The second-order valence-electron chi connectivity index (χ2n) is 5.51. The van der Waals surface area contributed by atoms with E-state index >= 15 is 0 Å². The number of nitrogens with zero attached hydrogens (tertiary/aromatic N) is 1. The van der Waals surface area contributed by atoms with Crippen LogP contribution in [0.25, 0.3) is 0 Å². The zero-order valence-electron chi connectivity index (χ0n) is 11.1. The summed E-state index contributed by atoms with van der Waals surface area (Å²) >= 11 is 1.86. The van der Waals surface area contributed by atoms with Gasteiger partial charge in [0.2, 0.25) is 0 Å². The summed E-state index contributed by atoms with van der Waals surface area (Å²) in [6.45, 7) is 9.10. The van der Waals surface area contributed by atoms with Gasteiger partial charge in [-0.1, -0.05) is 6.92 Å². The third kappa shape index (κ3) is 2.90. The number of likely N-dealkylation sites (tertiary alicyclic amines) is 1. The minimum Gasteiger partial charge on any atom is -0.326 e. The molecule has 2 heterocycles. The highest BCUT2D eigenvalue weighted by Gasteiger charge is 2.29. The molecule has 0 aromatic carbocycles. The molecule has 0 aliphatic carbocycles. The monoisotopic (exact) mass is 252 g/mol. The van der Waals surface area contributed by atoms with Crippen LogP contribution in [0.5, 0.6) is 0 Å². The lowest BCUT2D eigenvalue weighted by Gasteiger charge is -2.39. The number of hydrogen-bond acceptors (Lipinski definition) is 3. The smallest absolute Gasteiger partial charge is 0.0593 e. The van der Waals surface area contributed by atoms with Crippen molar-refractivity contribution in [3.63, 3.8) is 0 Å². The Balaban J connectivity index is 2.20. The van der Waals surface area contributed by atoms with Crippen molar-refractivity contribution in [1.29, 1.82) is 0 Å². The summed E-state index contributed by atoms with van der Waals surface area (Å²) in [6, 6.07) is 2.83. The maximum atomic E-state index is 6.24. The first-order valence-corrected chi connectivity index (χ1v) is 7.51. The Morgan fingerprint density at radius 3 is 2.82 bits per heavy atom. The van der Waals surface area contributed by atoms with Crippen molar-refractivity contribution in [2.24, 2.45) is 11.7 Å². The average Bonchev–Trinajstić information content (AvgIpc) is 2.65. The average molecular weight is 252 g/mol. The number of hydrogen-bond donors (Lipinski definition) is 1. The van der Waals surface area contributed by atoms with Gasteiger partial charge in [0.1, 0.15) is 0 Å². The van der Waals surface area contributed by atoms with E-state index in [1.54, 1.807) is 0 Å². The highest BCUT2D eigenvalue weighted by molar-refractivity contribution is 7.10. The van der Waals surface area contributed by atoms with Crippen LogP contribution >= 0.6 is 11.3 Å². The fourth-order valence-electron chi connectivity index (χ4n) is 2.90. The van der Waals surface area contributed by atoms with Crippen LogP contribution in [0.2, 0.25) is 0 Å². The molecule has 96 valence electrons. The summed E-state index contributed by atoms with van der Waals surface area (Å²) in [7, 11) is 0. The van der Waals surface area contributed by atoms with Gasteiger partial charge < -0.3 is 5.73 Å². The van der Waals surface area contributed by atoms with Gasteiger partial charge in [0.05, 0.1) is 6.04 Å². The molecule has 0 saturated carbocycles. The van der Waals surface area contributed by atoms with E-state index in [2.05, 4.69) is 37.1 Å². The van der Waals surface area contributed by atoms with Crippen LogP contribution in [0.15, 0.2) is 11.4 Å². The molecule has 1 aliphatic rings. The van der Waals surface area contributed by atoms with Gasteiger partial charge >= 0.3 is 0 Å². The molecule has 1 aromatic rings. The van der Waals surface area contributed by atoms with E-state index in [1.165, 1.54) is 36.4 Å². The molecule has 3 unspecified atom stereocenters. The molecule has 2 nitrogen and oxygen atoms in total. The van der Waals surface area contributed by atoms with E-state index in [0.717, 1.165) is 5.92 Å². The van der Waals surface area contributed by atoms with E-state index in [-0.39, 0.29) is 6.04 Å². The van der Waals surface area contributed by atoms with Gasteiger partial charge in [-0.05, 0) is 56.2 Å². The Morgan fingerprint density at radius 2 is 2.29 bits per heavy atom. The molecule has 0 bridgehead atoms. The topological polar surface area (TPSA) is 29.3 Å². The fourth-order valence-corrected chi connectivity index (χ4v) is 4.08. The van der Waals surface area contributed by atoms with Gasteiger partial charge in [-0.2, -0.15) is 0 Å². The number of rotatable bonds is 3. The number of nitrogens with two attached hydrogens (primary N) is 1. The normalized spacial score (nSPS) is 25.8. The Kier molecular flexibility index (Phi) is 4.23. The van der Waals surface area contributed by atoms with E-state index in [0.29, 0.717) is 6.04 Å². The molecular weight excluding hydrogens is 228 g/mol. The molecule has 0 radical (unpaired) electrons. The van der Waals surface area contributed by atoms with Crippen molar-refractivity contribution < 1.29 is 0 Å². The van der Waals surface area contributed by atoms with Crippen molar-refractivity contribution in [3.8, 4) is 0 Å². The Hall–Kier alpha value is -0.380. The van der Waals surface area contributed by atoms with Gasteiger partial charge in [-0.25, -0.2) is 0 Å². The van der Waals surface area contributed by atoms with Gasteiger partial charge in [-0.15, -0.1) is 11.3 Å². The van der Waals surface area contributed by atoms with Crippen molar-refractivity contribution >= 4 is 11.3 Å². The molecule has 1 aromatic heterocycles. The molecular formula is C14H24N2S. The van der Waals surface area contributed by atoms with Crippen LogP contribution in [0, 0.1) is 12.8 Å². The Labute approximate surface area is 109 Å². The van der Waals surface area contributed by atoms with Crippen molar-refractivity contribution in [1.82, 2.24) is 4.90 Å². The molecule has 1 aliphatic heterocycles. The second kappa shape index (κ2) is 5.51. The SMILES string of the molecule is Cc1ccsc1C(C(C)N)N1CCCC(C)C1. The fraction of sp³-hybridized carbons (Fsp3) is 0.714. The van der Waals surface area contributed by atoms with Crippen molar-refractivity contribution in [3.05, 3.63) is 21.9 Å². The highest BCUT2D eigenvalue weighted by atomic mass is 32.1. The number of aryl methyl sites for hydroxylation is 1. The molecule has 0 spiro atoms. The largest absolute Gasteiger partial charge is 0.326 e. The molecule has 0 amide bonds. The molecule has 2 rings (SSSR count). The number of piperidine rings is 1. The van der Waals surface area contributed by atoms with Crippen molar-refractivity contribution in [2.45, 2.75) is 45.7 Å². The lowest BCUT2D eigenvalue weighted by atomic mass is 9.95.